The topological polar surface area (TPSA) is 73.3 Å². The molecule has 0 atom stereocenters. The van der Waals surface area contributed by atoms with Crippen molar-refractivity contribution in [3.8, 4) is 23.0 Å². The zero-order valence-corrected chi connectivity index (χ0v) is 15.6. The van der Waals surface area contributed by atoms with Crippen LogP contribution >= 0.6 is 12.2 Å². The van der Waals surface area contributed by atoms with Gasteiger partial charge in [-0.05, 0) is 53.7 Å². The van der Waals surface area contributed by atoms with Gasteiger partial charge in [-0.1, -0.05) is 6.07 Å². The second kappa shape index (κ2) is 9.18. The number of fused-ring (bicyclic) bond motifs is 1. The van der Waals surface area contributed by atoms with E-state index in [4.69, 9.17) is 26.4 Å². The lowest BCUT2D eigenvalue weighted by atomic mass is 10.2. The van der Waals surface area contributed by atoms with Crippen LogP contribution in [-0.4, -0.2) is 31.8 Å². The molecule has 2 aromatic rings. The Balaban J connectivity index is 1.52. The summed E-state index contributed by atoms with van der Waals surface area (Å²) < 4.78 is 44.9. The van der Waals surface area contributed by atoms with Crippen molar-refractivity contribution in [3.63, 3.8) is 0 Å². The van der Waals surface area contributed by atoms with Gasteiger partial charge in [0.1, 0.15) is 0 Å². The number of rotatable bonds is 7. The van der Waals surface area contributed by atoms with Gasteiger partial charge in [0.05, 0.1) is 13.3 Å². The lowest BCUT2D eigenvalue weighted by Gasteiger charge is -2.10. The van der Waals surface area contributed by atoms with Crippen LogP contribution in [0.5, 0.6) is 23.0 Å². The summed E-state index contributed by atoms with van der Waals surface area (Å²) in [5, 5.41) is 7.28. The Kier molecular flexibility index (Phi) is 6.43. The first kappa shape index (κ1) is 19.6. The predicted molar refractivity (Wildman–Crippen MR) is 102 cm³/mol. The number of nitrogens with zero attached hydrogens (tertiary/aromatic N) is 1. The molecular formula is C18H17F2N3O4S. The van der Waals surface area contributed by atoms with E-state index in [0.29, 0.717) is 28.7 Å². The van der Waals surface area contributed by atoms with Crippen molar-refractivity contribution in [2.24, 2.45) is 5.10 Å². The van der Waals surface area contributed by atoms with Crippen molar-refractivity contribution in [1.29, 1.82) is 0 Å². The summed E-state index contributed by atoms with van der Waals surface area (Å²) in [5.74, 6) is 1.53. The highest BCUT2D eigenvalue weighted by Crippen LogP contribution is 2.32. The summed E-state index contributed by atoms with van der Waals surface area (Å²) in [6, 6.07) is 10.1. The van der Waals surface area contributed by atoms with Gasteiger partial charge in [-0.2, -0.15) is 13.9 Å². The molecule has 7 nitrogen and oxygen atoms in total. The lowest BCUT2D eigenvalue weighted by molar-refractivity contribution is -0.0512. The molecule has 1 aliphatic heterocycles. The minimum atomic E-state index is -2.95. The number of alkyl halides is 2. The van der Waals surface area contributed by atoms with Gasteiger partial charge in [0.2, 0.25) is 6.79 Å². The van der Waals surface area contributed by atoms with Crippen molar-refractivity contribution >= 4 is 23.5 Å². The largest absolute Gasteiger partial charge is 0.493 e. The van der Waals surface area contributed by atoms with Gasteiger partial charge in [0.15, 0.2) is 28.1 Å². The number of ether oxygens (including phenoxy) is 4. The molecule has 1 aliphatic rings. The molecule has 10 heteroatoms. The molecule has 0 aromatic heterocycles. The zero-order chi connectivity index (χ0) is 19.9. The molecule has 0 spiro atoms. The number of benzene rings is 2. The van der Waals surface area contributed by atoms with Gasteiger partial charge >= 0.3 is 6.61 Å². The number of halogens is 2. The summed E-state index contributed by atoms with van der Waals surface area (Å²) in [6.07, 6.45) is 1.42. The van der Waals surface area contributed by atoms with Crippen LogP contribution in [0.25, 0.3) is 0 Å². The molecule has 0 radical (unpaired) electrons. The average Bonchev–Trinajstić information content (AvgIpc) is 3.14. The van der Waals surface area contributed by atoms with E-state index in [-0.39, 0.29) is 18.3 Å². The molecule has 0 fully saturated rings. The first-order chi connectivity index (χ1) is 13.5. The maximum Gasteiger partial charge on any atom is 0.387 e. The number of hydrogen-bond acceptors (Lipinski definition) is 6. The maximum absolute atomic E-state index is 12.5. The van der Waals surface area contributed by atoms with Gasteiger partial charge in [-0.25, -0.2) is 0 Å². The first-order valence-corrected chi connectivity index (χ1v) is 8.54. The standard InChI is InChI=1S/C18H17F2N3O4S/c1-24-13-4-2-12(7-16(13)27-17(19)20)9-22-23-18(28)21-8-11-3-5-14-15(6-11)26-10-25-14/h2-7,9,17H,8,10H2,1H3,(H2,21,23,28)/b22-9-. The molecule has 1 heterocycles. The van der Waals surface area contributed by atoms with E-state index < -0.39 is 6.61 Å². The highest BCUT2D eigenvalue weighted by molar-refractivity contribution is 7.80. The van der Waals surface area contributed by atoms with Gasteiger partial charge in [0.25, 0.3) is 0 Å². The summed E-state index contributed by atoms with van der Waals surface area (Å²) >= 11 is 5.15. The van der Waals surface area contributed by atoms with E-state index in [1.165, 1.54) is 25.5 Å². The fourth-order valence-electron chi connectivity index (χ4n) is 2.40. The predicted octanol–water partition coefficient (Wildman–Crippen LogP) is 3.02. The Hall–Kier alpha value is -3.14. The molecule has 2 N–H and O–H groups in total. The summed E-state index contributed by atoms with van der Waals surface area (Å²) in [4.78, 5) is 0. The van der Waals surface area contributed by atoms with Crippen LogP contribution in [0.2, 0.25) is 0 Å². The van der Waals surface area contributed by atoms with E-state index in [1.54, 1.807) is 6.07 Å². The Bertz CT molecular complexity index is 880. The van der Waals surface area contributed by atoms with Crippen LogP contribution in [0.3, 0.4) is 0 Å². The molecular weight excluding hydrogens is 392 g/mol. The van der Waals surface area contributed by atoms with Gasteiger partial charge < -0.3 is 24.3 Å². The first-order valence-electron chi connectivity index (χ1n) is 8.13. The van der Waals surface area contributed by atoms with Crippen LogP contribution in [0, 0.1) is 0 Å². The van der Waals surface area contributed by atoms with E-state index in [0.717, 1.165) is 5.56 Å². The summed E-state index contributed by atoms with van der Waals surface area (Å²) in [6.45, 7) is -2.27. The van der Waals surface area contributed by atoms with Crippen LogP contribution in [0.4, 0.5) is 8.78 Å². The smallest absolute Gasteiger partial charge is 0.387 e. The second-order valence-electron chi connectivity index (χ2n) is 5.53. The number of hydrogen-bond donors (Lipinski definition) is 2. The van der Waals surface area contributed by atoms with E-state index >= 15 is 0 Å². The average molecular weight is 409 g/mol. The zero-order valence-electron chi connectivity index (χ0n) is 14.8. The third-order valence-corrected chi connectivity index (χ3v) is 3.91. The normalized spacial score (nSPS) is 12.3. The van der Waals surface area contributed by atoms with Crippen LogP contribution in [0.15, 0.2) is 41.5 Å². The highest BCUT2D eigenvalue weighted by atomic mass is 32.1. The van der Waals surface area contributed by atoms with Gasteiger partial charge in [-0.3, -0.25) is 5.43 Å². The molecule has 3 rings (SSSR count). The Morgan fingerprint density at radius 1 is 1.21 bits per heavy atom. The minimum absolute atomic E-state index is 0.0787. The Labute approximate surface area is 165 Å². The van der Waals surface area contributed by atoms with Crippen LogP contribution in [-0.2, 0) is 6.54 Å². The molecule has 2 aromatic carbocycles. The third kappa shape index (κ3) is 5.19. The highest BCUT2D eigenvalue weighted by Gasteiger charge is 2.13. The SMILES string of the molecule is COc1ccc(/C=N\NC(=S)NCc2ccc3c(c2)OCO3)cc1OC(F)F. The quantitative estimate of drug-likeness (QED) is 0.414. The van der Waals surface area contributed by atoms with Crippen molar-refractivity contribution in [2.75, 3.05) is 13.9 Å². The van der Waals surface area contributed by atoms with Crippen LogP contribution in [0.1, 0.15) is 11.1 Å². The van der Waals surface area contributed by atoms with Crippen molar-refractivity contribution in [1.82, 2.24) is 10.7 Å². The van der Waals surface area contributed by atoms with E-state index in [2.05, 4.69) is 20.6 Å². The Morgan fingerprint density at radius 3 is 2.82 bits per heavy atom. The molecule has 0 saturated carbocycles. The summed E-state index contributed by atoms with van der Waals surface area (Å²) in [5.41, 5.74) is 4.15. The molecule has 0 saturated heterocycles. The lowest BCUT2D eigenvalue weighted by Crippen LogP contribution is -2.31. The molecule has 28 heavy (non-hydrogen) atoms. The molecule has 0 bridgehead atoms. The number of thiocarbonyl (C=S) groups is 1. The second-order valence-corrected chi connectivity index (χ2v) is 5.94. The fraction of sp³-hybridized carbons (Fsp3) is 0.222. The van der Waals surface area contributed by atoms with Crippen molar-refractivity contribution in [2.45, 2.75) is 13.2 Å². The van der Waals surface area contributed by atoms with Crippen LogP contribution < -0.4 is 29.7 Å². The molecule has 0 aliphatic carbocycles. The minimum Gasteiger partial charge on any atom is -0.493 e. The third-order valence-electron chi connectivity index (χ3n) is 3.67. The Morgan fingerprint density at radius 2 is 2.04 bits per heavy atom. The van der Waals surface area contributed by atoms with Gasteiger partial charge in [0, 0.05) is 6.54 Å². The van der Waals surface area contributed by atoms with Gasteiger partial charge in [-0.15, -0.1) is 0 Å². The fourth-order valence-corrected chi connectivity index (χ4v) is 2.52. The molecule has 0 amide bonds. The number of hydrazone groups is 1. The number of nitrogens with one attached hydrogen (secondary N) is 2. The van der Waals surface area contributed by atoms with Crippen molar-refractivity contribution < 1.29 is 27.7 Å². The molecule has 148 valence electrons. The monoisotopic (exact) mass is 409 g/mol. The summed E-state index contributed by atoms with van der Waals surface area (Å²) in [7, 11) is 1.37. The molecule has 0 unspecified atom stereocenters. The van der Waals surface area contributed by atoms with Crippen molar-refractivity contribution in [3.05, 3.63) is 47.5 Å². The van der Waals surface area contributed by atoms with E-state index in [1.807, 2.05) is 18.2 Å². The number of methoxy groups -OCH3 is 1. The van der Waals surface area contributed by atoms with E-state index in [9.17, 15) is 8.78 Å². The maximum atomic E-state index is 12.5.